The summed E-state index contributed by atoms with van der Waals surface area (Å²) in [6.07, 6.45) is 3.18. The lowest BCUT2D eigenvalue weighted by atomic mass is 9.87. The highest BCUT2D eigenvalue weighted by Gasteiger charge is 2.22. The second kappa shape index (κ2) is 5.84. The summed E-state index contributed by atoms with van der Waals surface area (Å²) >= 11 is 0. The first-order valence-corrected chi connectivity index (χ1v) is 8.06. The predicted octanol–water partition coefficient (Wildman–Crippen LogP) is 4.04. The minimum absolute atomic E-state index is 0.0840. The molecule has 3 nitrogen and oxygen atoms in total. The molecule has 1 heterocycles. The number of hydrogen-bond acceptors (Lipinski definition) is 2. The van der Waals surface area contributed by atoms with Crippen molar-refractivity contribution in [3.8, 4) is 0 Å². The topological polar surface area (TPSA) is 42.0 Å². The summed E-state index contributed by atoms with van der Waals surface area (Å²) in [5.74, 6) is -0.0996. The molecule has 3 aromatic rings. The van der Waals surface area contributed by atoms with Gasteiger partial charge in [-0.3, -0.25) is 4.79 Å². The lowest BCUT2D eigenvalue weighted by molar-refractivity contribution is 0.0928. The van der Waals surface area contributed by atoms with Crippen molar-refractivity contribution in [3.63, 3.8) is 0 Å². The monoisotopic (exact) mass is 302 g/mol. The van der Waals surface area contributed by atoms with Crippen LogP contribution in [0.3, 0.4) is 0 Å². The van der Waals surface area contributed by atoms with E-state index in [0.717, 1.165) is 30.2 Å². The molecule has 3 heteroatoms. The fourth-order valence-electron chi connectivity index (χ4n) is 3.33. The Morgan fingerprint density at radius 2 is 1.83 bits per heavy atom. The molecule has 1 unspecified atom stereocenters. The lowest BCUT2D eigenvalue weighted by Crippen LogP contribution is -2.31. The molecular formula is C20H18N2O. The van der Waals surface area contributed by atoms with Gasteiger partial charge in [0, 0.05) is 5.39 Å². The van der Waals surface area contributed by atoms with Crippen molar-refractivity contribution in [2.45, 2.75) is 25.3 Å². The summed E-state index contributed by atoms with van der Waals surface area (Å²) in [5.41, 5.74) is 3.92. The van der Waals surface area contributed by atoms with Crippen molar-refractivity contribution < 1.29 is 4.79 Å². The molecular weight excluding hydrogens is 284 g/mol. The molecule has 114 valence electrons. The van der Waals surface area contributed by atoms with Crippen LogP contribution in [0.1, 0.15) is 40.5 Å². The maximum absolute atomic E-state index is 12.6. The largest absolute Gasteiger partial charge is 0.344 e. The molecule has 0 aliphatic heterocycles. The number of nitrogens with zero attached hydrogens (tertiary/aromatic N) is 1. The van der Waals surface area contributed by atoms with Gasteiger partial charge in [-0.15, -0.1) is 0 Å². The number of aryl methyl sites for hydroxylation is 1. The Bertz CT molecular complexity index is 872. The third-order valence-corrected chi connectivity index (χ3v) is 4.51. The summed E-state index contributed by atoms with van der Waals surface area (Å²) in [5, 5.41) is 4.20. The van der Waals surface area contributed by atoms with E-state index in [0.29, 0.717) is 5.69 Å². The van der Waals surface area contributed by atoms with Gasteiger partial charge in [0.2, 0.25) is 0 Å². The highest BCUT2D eigenvalue weighted by molar-refractivity contribution is 5.95. The smallest absolute Gasteiger partial charge is 0.270 e. The lowest BCUT2D eigenvalue weighted by Gasteiger charge is -2.26. The van der Waals surface area contributed by atoms with Crippen molar-refractivity contribution in [2.24, 2.45) is 0 Å². The molecule has 1 amide bonds. The van der Waals surface area contributed by atoms with Crippen LogP contribution in [0.25, 0.3) is 10.9 Å². The van der Waals surface area contributed by atoms with Gasteiger partial charge in [-0.2, -0.15) is 0 Å². The van der Waals surface area contributed by atoms with E-state index < -0.39 is 0 Å². The Labute approximate surface area is 135 Å². The molecule has 0 saturated carbocycles. The molecule has 1 N–H and O–H groups in total. The summed E-state index contributed by atoms with van der Waals surface area (Å²) in [6.45, 7) is 0. The van der Waals surface area contributed by atoms with Crippen molar-refractivity contribution in [3.05, 3.63) is 77.5 Å². The highest BCUT2D eigenvalue weighted by Crippen LogP contribution is 2.29. The Hall–Kier alpha value is -2.68. The molecule has 1 aliphatic rings. The first-order valence-electron chi connectivity index (χ1n) is 8.06. The highest BCUT2D eigenvalue weighted by atomic mass is 16.1. The number of pyridine rings is 1. The molecule has 4 rings (SSSR count). The maximum atomic E-state index is 12.6. The zero-order chi connectivity index (χ0) is 15.6. The van der Waals surface area contributed by atoms with E-state index in [1.807, 2.05) is 36.4 Å². The average molecular weight is 302 g/mol. The minimum atomic E-state index is -0.0996. The van der Waals surface area contributed by atoms with Gasteiger partial charge in [0.05, 0.1) is 11.6 Å². The third kappa shape index (κ3) is 2.70. The number of hydrogen-bond donors (Lipinski definition) is 1. The van der Waals surface area contributed by atoms with Crippen molar-refractivity contribution in [1.29, 1.82) is 0 Å². The Kier molecular flexibility index (Phi) is 3.54. The normalized spacial score (nSPS) is 16.8. The van der Waals surface area contributed by atoms with Crippen molar-refractivity contribution in [2.75, 3.05) is 0 Å². The Morgan fingerprint density at radius 1 is 1.00 bits per heavy atom. The SMILES string of the molecule is O=C(NC1CCCc2ccccc21)c1ccc2ccccc2n1. The van der Waals surface area contributed by atoms with E-state index >= 15 is 0 Å². The first kappa shape index (κ1) is 13.9. The maximum Gasteiger partial charge on any atom is 0.270 e. The van der Waals surface area contributed by atoms with E-state index in [1.54, 1.807) is 6.07 Å². The third-order valence-electron chi connectivity index (χ3n) is 4.51. The van der Waals surface area contributed by atoms with E-state index in [-0.39, 0.29) is 11.9 Å². The van der Waals surface area contributed by atoms with Crippen molar-refractivity contribution >= 4 is 16.8 Å². The van der Waals surface area contributed by atoms with Gasteiger partial charge in [0.15, 0.2) is 0 Å². The number of amides is 1. The van der Waals surface area contributed by atoms with Gasteiger partial charge in [0.25, 0.3) is 5.91 Å². The van der Waals surface area contributed by atoms with Gasteiger partial charge in [-0.1, -0.05) is 48.5 Å². The van der Waals surface area contributed by atoms with Gasteiger partial charge in [-0.05, 0) is 42.5 Å². The summed E-state index contributed by atoms with van der Waals surface area (Å²) < 4.78 is 0. The molecule has 0 spiro atoms. The van der Waals surface area contributed by atoms with Crippen LogP contribution >= 0.6 is 0 Å². The quantitative estimate of drug-likeness (QED) is 0.776. The predicted molar refractivity (Wildman–Crippen MR) is 91.3 cm³/mol. The van der Waals surface area contributed by atoms with E-state index in [2.05, 4.69) is 28.5 Å². The van der Waals surface area contributed by atoms with Gasteiger partial charge < -0.3 is 5.32 Å². The van der Waals surface area contributed by atoms with Crippen LogP contribution in [0.15, 0.2) is 60.7 Å². The van der Waals surface area contributed by atoms with Crippen LogP contribution in [0.2, 0.25) is 0 Å². The molecule has 0 bridgehead atoms. The minimum Gasteiger partial charge on any atom is -0.344 e. The molecule has 1 aliphatic carbocycles. The number of fused-ring (bicyclic) bond motifs is 2. The van der Waals surface area contributed by atoms with Crippen LogP contribution in [-0.4, -0.2) is 10.9 Å². The standard InChI is InChI=1S/C20H18N2O/c23-20(19-13-12-15-7-2-4-10-17(15)21-19)22-18-11-5-8-14-6-1-3-9-16(14)18/h1-4,6-7,9-10,12-13,18H,5,8,11H2,(H,22,23). The number of carbonyl (C=O) groups is 1. The van der Waals surface area contributed by atoms with Gasteiger partial charge in [0.1, 0.15) is 5.69 Å². The molecule has 1 aromatic heterocycles. The second-order valence-corrected chi connectivity index (χ2v) is 6.01. The molecule has 0 fully saturated rings. The van der Waals surface area contributed by atoms with Crippen LogP contribution in [0.4, 0.5) is 0 Å². The number of para-hydroxylation sites is 1. The summed E-state index contributed by atoms with van der Waals surface area (Å²) in [6, 6.07) is 20.1. The molecule has 1 atom stereocenters. The summed E-state index contributed by atoms with van der Waals surface area (Å²) in [4.78, 5) is 17.1. The zero-order valence-corrected chi connectivity index (χ0v) is 12.8. The Balaban J connectivity index is 1.60. The second-order valence-electron chi connectivity index (χ2n) is 6.01. The van der Waals surface area contributed by atoms with E-state index in [1.165, 1.54) is 11.1 Å². The van der Waals surface area contributed by atoms with Crippen LogP contribution in [0, 0.1) is 0 Å². The number of rotatable bonds is 2. The van der Waals surface area contributed by atoms with E-state index in [9.17, 15) is 4.79 Å². The van der Waals surface area contributed by atoms with Gasteiger partial charge in [-0.25, -0.2) is 4.98 Å². The van der Waals surface area contributed by atoms with Crippen LogP contribution < -0.4 is 5.32 Å². The summed E-state index contributed by atoms with van der Waals surface area (Å²) in [7, 11) is 0. The average Bonchev–Trinajstić information content (AvgIpc) is 2.61. The first-order chi connectivity index (χ1) is 11.3. The van der Waals surface area contributed by atoms with Gasteiger partial charge >= 0.3 is 0 Å². The van der Waals surface area contributed by atoms with Crippen molar-refractivity contribution in [1.82, 2.24) is 10.3 Å². The fraction of sp³-hybridized carbons (Fsp3) is 0.200. The number of aromatic nitrogens is 1. The number of benzene rings is 2. The molecule has 23 heavy (non-hydrogen) atoms. The Morgan fingerprint density at radius 3 is 2.78 bits per heavy atom. The number of carbonyl (C=O) groups excluding carboxylic acids is 1. The zero-order valence-electron chi connectivity index (χ0n) is 12.8. The molecule has 0 saturated heterocycles. The van der Waals surface area contributed by atoms with Crippen LogP contribution in [-0.2, 0) is 6.42 Å². The van der Waals surface area contributed by atoms with E-state index in [4.69, 9.17) is 0 Å². The molecule has 0 radical (unpaired) electrons. The fourth-order valence-corrected chi connectivity index (χ4v) is 3.33. The van der Waals surface area contributed by atoms with Crippen LogP contribution in [0.5, 0.6) is 0 Å². The molecule has 2 aromatic carbocycles. The number of nitrogens with one attached hydrogen (secondary N) is 1.